The van der Waals surface area contributed by atoms with Crippen LogP contribution in [0.1, 0.15) is 34.3 Å². The highest BCUT2D eigenvalue weighted by Crippen LogP contribution is 2.36. The van der Waals surface area contributed by atoms with Gasteiger partial charge in [-0.05, 0) is 48.2 Å². The minimum atomic E-state index is -3.75. The van der Waals surface area contributed by atoms with Crippen molar-refractivity contribution in [3.8, 4) is 5.75 Å². The Morgan fingerprint density at radius 3 is 2.39 bits per heavy atom. The molecule has 0 aromatic heterocycles. The van der Waals surface area contributed by atoms with Crippen molar-refractivity contribution in [1.82, 2.24) is 14.3 Å². The fourth-order valence-corrected chi connectivity index (χ4v) is 5.80. The lowest BCUT2D eigenvalue weighted by molar-refractivity contribution is 0.0929. The molecule has 0 radical (unpaired) electrons. The molecule has 190 valence electrons. The van der Waals surface area contributed by atoms with Gasteiger partial charge in [-0.2, -0.15) is 17.4 Å². The molecule has 2 N–H and O–H groups in total. The van der Waals surface area contributed by atoms with Crippen molar-refractivity contribution >= 4 is 16.1 Å². The van der Waals surface area contributed by atoms with Crippen LogP contribution in [0.4, 0.5) is 4.39 Å². The molecule has 1 fully saturated rings. The summed E-state index contributed by atoms with van der Waals surface area (Å²) in [6.07, 6.45) is 1.06. The van der Waals surface area contributed by atoms with Crippen molar-refractivity contribution in [2.75, 3.05) is 26.7 Å². The van der Waals surface area contributed by atoms with Crippen LogP contribution in [0, 0.1) is 5.82 Å². The third kappa shape index (κ3) is 5.92. The van der Waals surface area contributed by atoms with Crippen LogP contribution in [-0.4, -0.2) is 45.4 Å². The summed E-state index contributed by atoms with van der Waals surface area (Å²) in [5.41, 5.74) is 1.63. The third-order valence-electron chi connectivity index (χ3n) is 6.69. The van der Waals surface area contributed by atoms with E-state index in [1.807, 2.05) is 30.3 Å². The van der Waals surface area contributed by atoms with Gasteiger partial charge in [-0.15, -0.1) is 0 Å². The summed E-state index contributed by atoms with van der Waals surface area (Å²) in [6, 6.07) is 22.7. The first-order valence-electron chi connectivity index (χ1n) is 11.8. The predicted octanol–water partition coefficient (Wildman–Crippen LogP) is 3.63. The Morgan fingerprint density at radius 1 is 1.00 bits per heavy atom. The van der Waals surface area contributed by atoms with Crippen LogP contribution in [-0.2, 0) is 22.2 Å². The Hall–Kier alpha value is -3.27. The molecule has 1 heterocycles. The molecule has 0 atom stereocenters. The zero-order chi connectivity index (χ0) is 25.6. The lowest BCUT2D eigenvalue weighted by Crippen LogP contribution is -2.52. The number of nitrogens with one attached hydrogen (secondary N) is 2. The number of ether oxygens (including phenoxy) is 1. The fraction of sp³-hybridized carbons (Fsp3) is 0.296. The molecule has 3 aromatic carbocycles. The summed E-state index contributed by atoms with van der Waals surface area (Å²) in [7, 11) is -2.23. The molecule has 0 aliphatic carbocycles. The van der Waals surface area contributed by atoms with E-state index in [-0.39, 0.29) is 25.5 Å². The second kappa shape index (κ2) is 11.2. The average molecular weight is 512 g/mol. The number of para-hydroxylation sites is 1. The van der Waals surface area contributed by atoms with E-state index in [1.54, 1.807) is 36.4 Å². The molecule has 0 unspecified atom stereocenters. The summed E-state index contributed by atoms with van der Waals surface area (Å²) in [5.74, 6) is -0.156. The van der Waals surface area contributed by atoms with Gasteiger partial charge in [0.05, 0.1) is 12.7 Å². The summed E-state index contributed by atoms with van der Waals surface area (Å²) >= 11 is 0. The SMILES string of the molecule is COc1ccccc1C(=O)NCC1(c2ccccc2)CCN(S(=O)(=O)NCc2cccc(F)c2)CC1. The first-order chi connectivity index (χ1) is 17.3. The normalized spacial score (nSPS) is 15.8. The number of rotatable bonds is 9. The quantitative estimate of drug-likeness (QED) is 0.459. The lowest BCUT2D eigenvalue weighted by Gasteiger charge is -2.42. The van der Waals surface area contributed by atoms with Crippen LogP contribution in [0.25, 0.3) is 0 Å². The number of benzene rings is 3. The molecule has 0 bridgehead atoms. The van der Waals surface area contributed by atoms with E-state index in [9.17, 15) is 17.6 Å². The largest absolute Gasteiger partial charge is 0.496 e. The van der Waals surface area contributed by atoms with E-state index in [1.165, 1.54) is 23.5 Å². The van der Waals surface area contributed by atoms with Gasteiger partial charge in [-0.1, -0.05) is 54.6 Å². The van der Waals surface area contributed by atoms with E-state index in [0.29, 0.717) is 36.3 Å². The molecule has 1 amide bonds. The molecule has 7 nitrogen and oxygen atoms in total. The Bertz CT molecular complexity index is 1290. The van der Waals surface area contributed by atoms with Crippen LogP contribution in [0.15, 0.2) is 78.9 Å². The number of carbonyl (C=O) groups excluding carboxylic acids is 1. The minimum Gasteiger partial charge on any atom is -0.496 e. The summed E-state index contributed by atoms with van der Waals surface area (Å²) in [4.78, 5) is 13.0. The second-order valence-electron chi connectivity index (χ2n) is 8.88. The summed E-state index contributed by atoms with van der Waals surface area (Å²) < 4.78 is 48.6. The predicted molar refractivity (Wildman–Crippen MR) is 136 cm³/mol. The molecule has 0 spiro atoms. The molecule has 36 heavy (non-hydrogen) atoms. The number of hydrogen-bond acceptors (Lipinski definition) is 4. The van der Waals surface area contributed by atoms with Gasteiger partial charge in [0.2, 0.25) is 0 Å². The standard InChI is InChI=1S/C27H30FN3O4S/c1-35-25-13-6-5-12-24(25)26(32)29-20-27(22-9-3-2-4-10-22)14-16-31(17-15-27)36(33,34)30-19-21-8-7-11-23(28)18-21/h2-13,18,30H,14-17,19-20H2,1H3,(H,29,32). The Kier molecular flexibility index (Phi) is 8.03. The molecule has 0 saturated carbocycles. The second-order valence-corrected chi connectivity index (χ2v) is 10.6. The highest BCUT2D eigenvalue weighted by molar-refractivity contribution is 7.87. The number of amides is 1. The van der Waals surface area contributed by atoms with Gasteiger partial charge in [-0.3, -0.25) is 4.79 Å². The first kappa shape index (κ1) is 25.8. The average Bonchev–Trinajstić information content (AvgIpc) is 2.91. The van der Waals surface area contributed by atoms with Crippen LogP contribution in [0.3, 0.4) is 0 Å². The van der Waals surface area contributed by atoms with E-state index >= 15 is 0 Å². The third-order valence-corrected chi connectivity index (χ3v) is 8.25. The van der Waals surface area contributed by atoms with Crippen molar-refractivity contribution in [3.63, 3.8) is 0 Å². The molecule has 1 aliphatic rings. The van der Waals surface area contributed by atoms with Crippen LogP contribution >= 0.6 is 0 Å². The number of methoxy groups -OCH3 is 1. The van der Waals surface area contributed by atoms with Gasteiger partial charge in [0.25, 0.3) is 16.1 Å². The number of carbonyl (C=O) groups is 1. The van der Waals surface area contributed by atoms with Gasteiger partial charge in [0, 0.05) is 31.6 Å². The van der Waals surface area contributed by atoms with Gasteiger partial charge in [-0.25, -0.2) is 4.39 Å². The Labute approximate surface area is 211 Å². The molecular weight excluding hydrogens is 481 g/mol. The van der Waals surface area contributed by atoms with Crippen LogP contribution < -0.4 is 14.8 Å². The maximum absolute atomic E-state index is 13.4. The van der Waals surface area contributed by atoms with Crippen molar-refractivity contribution < 1.29 is 22.3 Å². The van der Waals surface area contributed by atoms with E-state index in [2.05, 4.69) is 10.0 Å². The maximum Gasteiger partial charge on any atom is 0.279 e. The minimum absolute atomic E-state index is 0.00931. The highest BCUT2D eigenvalue weighted by atomic mass is 32.2. The van der Waals surface area contributed by atoms with Crippen LogP contribution in [0.5, 0.6) is 5.75 Å². The monoisotopic (exact) mass is 511 g/mol. The highest BCUT2D eigenvalue weighted by Gasteiger charge is 2.39. The van der Waals surface area contributed by atoms with Gasteiger partial charge in [0.1, 0.15) is 11.6 Å². The number of halogens is 1. The fourth-order valence-electron chi connectivity index (χ4n) is 4.60. The van der Waals surface area contributed by atoms with Gasteiger partial charge in [0.15, 0.2) is 0 Å². The Balaban J connectivity index is 1.46. The first-order valence-corrected chi connectivity index (χ1v) is 13.2. The van der Waals surface area contributed by atoms with Crippen LogP contribution in [0.2, 0.25) is 0 Å². The topological polar surface area (TPSA) is 87.7 Å². The van der Waals surface area contributed by atoms with Gasteiger partial charge >= 0.3 is 0 Å². The van der Waals surface area contributed by atoms with E-state index in [4.69, 9.17) is 4.74 Å². The zero-order valence-electron chi connectivity index (χ0n) is 20.1. The molecule has 4 rings (SSSR count). The summed E-state index contributed by atoms with van der Waals surface area (Å²) in [6.45, 7) is 0.948. The molecule has 3 aromatic rings. The van der Waals surface area contributed by atoms with Crippen molar-refractivity contribution in [1.29, 1.82) is 0 Å². The van der Waals surface area contributed by atoms with Crippen molar-refractivity contribution in [3.05, 3.63) is 101 Å². The molecular formula is C27H30FN3O4S. The van der Waals surface area contributed by atoms with E-state index in [0.717, 1.165) is 5.56 Å². The zero-order valence-corrected chi connectivity index (χ0v) is 20.9. The molecule has 1 saturated heterocycles. The lowest BCUT2D eigenvalue weighted by atomic mass is 9.73. The number of hydrogen-bond donors (Lipinski definition) is 2. The smallest absolute Gasteiger partial charge is 0.279 e. The van der Waals surface area contributed by atoms with Crippen molar-refractivity contribution in [2.24, 2.45) is 0 Å². The number of piperidine rings is 1. The molecule has 9 heteroatoms. The van der Waals surface area contributed by atoms with E-state index < -0.39 is 21.4 Å². The van der Waals surface area contributed by atoms with Crippen molar-refractivity contribution in [2.45, 2.75) is 24.8 Å². The number of nitrogens with zero attached hydrogens (tertiary/aromatic N) is 1. The maximum atomic E-state index is 13.4. The summed E-state index contributed by atoms with van der Waals surface area (Å²) in [5, 5.41) is 3.05. The Morgan fingerprint density at radius 2 is 1.69 bits per heavy atom. The van der Waals surface area contributed by atoms with Gasteiger partial charge < -0.3 is 10.1 Å². The molecule has 1 aliphatic heterocycles.